The van der Waals surface area contributed by atoms with Gasteiger partial charge in [0.2, 0.25) is 0 Å². The molecule has 3 heteroatoms. The number of pyridine rings is 1. The molecule has 2 aromatic rings. The van der Waals surface area contributed by atoms with Crippen molar-refractivity contribution in [1.29, 1.82) is 0 Å². The highest BCUT2D eigenvalue weighted by molar-refractivity contribution is 5.85. The van der Waals surface area contributed by atoms with E-state index in [2.05, 4.69) is 23.2 Å². The summed E-state index contributed by atoms with van der Waals surface area (Å²) in [4.78, 5) is 4.20. The standard InChI is InChI=1S/C15H18N2O/c16-15(14-6-1-2-9-18-14)12-5-3-4-11-7-8-17-10-13(11)12/h3-5,7-8,10,14-15H,1-2,6,9,16H2. The van der Waals surface area contributed by atoms with Crippen LogP contribution in [-0.2, 0) is 4.74 Å². The number of ether oxygens (including phenoxy) is 1. The summed E-state index contributed by atoms with van der Waals surface area (Å²) in [6.45, 7) is 0.835. The number of nitrogens with zero attached hydrogens (tertiary/aromatic N) is 1. The second kappa shape index (κ2) is 5.04. The third-order valence-corrected chi connectivity index (χ3v) is 3.69. The minimum Gasteiger partial charge on any atom is -0.376 e. The predicted molar refractivity (Wildman–Crippen MR) is 72.3 cm³/mol. The average molecular weight is 242 g/mol. The zero-order valence-corrected chi connectivity index (χ0v) is 10.4. The fourth-order valence-corrected chi connectivity index (χ4v) is 2.68. The quantitative estimate of drug-likeness (QED) is 0.881. The van der Waals surface area contributed by atoms with Gasteiger partial charge >= 0.3 is 0 Å². The maximum Gasteiger partial charge on any atom is 0.0767 e. The minimum absolute atomic E-state index is 0.0572. The van der Waals surface area contributed by atoms with Gasteiger partial charge in [-0.1, -0.05) is 18.2 Å². The summed E-state index contributed by atoms with van der Waals surface area (Å²) in [6.07, 6.45) is 7.27. The van der Waals surface area contributed by atoms with E-state index in [9.17, 15) is 0 Å². The third-order valence-electron chi connectivity index (χ3n) is 3.69. The fraction of sp³-hybridized carbons (Fsp3) is 0.400. The molecule has 0 amide bonds. The van der Waals surface area contributed by atoms with Gasteiger partial charge < -0.3 is 10.5 Å². The number of benzene rings is 1. The van der Waals surface area contributed by atoms with Gasteiger partial charge in [0.05, 0.1) is 12.1 Å². The van der Waals surface area contributed by atoms with Crippen molar-refractivity contribution in [3.63, 3.8) is 0 Å². The summed E-state index contributed by atoms with van der Waals surface area (Å²) >= 11 is 0. The molecule has 2 unspecified atom stereocenters. The van der Waals surface area contributed by atoms with E-state index in [4.69, 9.17) is 10.5 Å². The lowest BCUT2D eigenvalue weighted by molar-refractivity contribution is 0.000274. The van der Waals surface area contributed by atoms with E-state index in [1.807, 2.05) is 18.5 Å². The lowest BCUT2D eigenvalue weighted by Gasteiger charge is -2.28. The molecule has 1 aliphatic rings. The molecular weight excluding hydrogens is 224 g/mol. The molecule has 1 aromatic heterocycles. The van der Waals surface area contributed by atoms with Gasteiger partial charge in [0.1, 0.15) is 0 Å². The summed E-state index contributed by atoms with van der Waals surface area (Å²) in [5.74, 6) is 0. The molecule has 1 aliphatic heterocycles. The van der Waals surface area contributed by atoms with Gasteiger partial charge in [0.15, 0.2) is 0 Å². The first-order valence-electron chi connectivity index (χ1n) is 6.56. The average Bonchev–Trinajstić information content (AvgIpc) is 2.47. The highest BCUT2D eigenvalue weighted by atomic mass is 16.5. The Hall–Kier alpha value is -1.45. The van der Waals surface area contributed by atoms with Crippen LogP contribution in [0.3, 0.4) is 0 Å². The normalized spacial score (nSPS) is 21.9. The van der Waals surface area contributed by atoms with Crippen LogP contribution in [0, 0.1) is 0 Å². The van der Waals surface area contributed by atoms with Crippen LogP contribution in [0.2, 0.25) is 0 Å². The van der Waals surface area contributed by atoms with Crippen molar-refractivity contribution in [3.8, 4) is 0 Å². The van der Waals surface area contributed by atoms with Crippen LogP contribution in [0.25, 0.3) is 10.8 Å². The Morgan fingerprint density at radius 1 is 1.28 bits per heavy atom. The number of nitrogens with two attached hydrogens (primary N) is 1. The zero-order chi connectivity index (χ0) is 12.4. The summed E-state index contributed by atoms with van der Waals surface area (Å²) < 4.78 is 5.80. The molecular formula is C15H18N2O. The van der Waals surface area contributed by atoms with E-state index in [1.54, 1.807) is 0 Å². The van der Waals surface area contributed by atoms with Crippen molar-refractivity contribution in [2.24, 2.45) is 5.73 Å². The fourth-order valence-electron chi connectivity index (χ4n) is 2.68. The molecule has 18 heavy (non-hydrogen) atoms. The van der Waals surface area contributed by atoms with Crippen LogP contribution >= 0.6 is 0 Å². The van der Waals surface area contributed by atoms with E-state index in [1.165, 1.54) is 11.8 Å². The molecule has 94 valence electrons. The Kier molecular flexibility index (Phi) is 3.26. The number of hydrogen-bond donors (Lipinski definition) is 1. The van der Waals surface area contributed by atoms with Crippen molar-refractivity contribution in [2.45, 2.75) is 31.4 Å². The van der Waals surface area contributed by atoms with Gasteiger partial charge in [0, 0.05) is 24.4 Å². The number of aromatic nitrogens is 1. The Morgan fingerprint density at radius 2 is 2.22 bits per heavy atom. The number of rotatable bonds is 2. The van der Waals surface area contributed by atoms with E-state index in [0.29, 0.717) is 0 Å². The maximum atomic E-state index is 6.38. The molecule has 0 bridgehead atoms. The summed E-state index contributed by atoms with van der Waals surface area (Å²) in [7, 11) is 0. The summed E-state index contributed by atoms with van der Waals surface area (Å²) in [5, 5.41) is 2.33. The van der Waals surface area contributed by atoms with Crippen molar-refractivity contribution >= 4 is 10.8 Å². The van der Waals surface area contributed by atoms with Crippen LogP contribution in [-0.4, -0.2) is 17.7 Å². The number of fused-ring (bicyclic) bond motifs is 1. The van der Waals surface area contributed by atoms with Crippen LogP contribution in [0.4, 0.5) is 0 Å². The first-order valence-corrected chi connectivity index (χ1v) is 6.56. The molecule has 3 rings (SSSR count). The molecule has 3 nitrogen and oxygen atoms in total. The van der Waals surface area contributed by atoms with Crippen molar-refractivity contribution in [3.05, 3.63) is 42.2 Å². The molecule has 0 saturated carbocycles. The van der Waals surface area contributed by atoms with Gasteiger partial charge in [-0.15, -0.1) is 0 Å². The highest BCUT2D eigenvalue weighted by Gasteiger charge is 2.23. The zero-order valence-electron chi connectivity index (χ0n) is 10.4. The Bertz CT molecular complexity index is 530. The van der Waals surface area contributed by atoms with Crippen LogP contribution in [0.5, 0.6) is 0 Å². The molecule has 2 N–H and O–H groups in total. The van der Waals surface area contributed by atoms with Gasteiger partial charge in [0.25, 0.3) is 0 Å². The Balaban J connectivity index is 1.97. The maximum absolute atomic E-state index is 6.38. The van der Waals surface area contributed by atoms with Crippen molar-refractivity contribution in [2.75, 3.05) is 6.61 Å². The van der Waals surface area contributed by atoms with Crippen LogP contribution < -0.4 is 5.73 Å². The molecule has 2 heterocycles. The topological polar surface area (TPSA) is 48.1 Å². The molecule has 1 fully saturated rings. The Labute approximate surface area is 107 Å². The highest BCUT2D eigenvalue weighted by Crippen LogP contribution is 2.29. The largest absolute Gasteiger partial charge is 0.376 e. The molecule has 2 atom stereocenters. The first-order chi connectivity index (χ1) is 8.86. The van der Waals surface area contributed by atoms with E-state index < -0.39 is 0 Å². The lowest BCUT2D eigenvalue weighted by Crippen LogP contribution is -2.32. The summed E-state index contributed by atoms with van der Waals surface area (Å²) in [5.41, 5.74) is 7.53. The molecule has 1 aromatic carbocycles. The first kappa shape index (κ1) is 11.6. The second-order valence-corrected chi connectivity index (χ2v) is 4.87. The van der Waals surface area contributed by atoms with Gasteiger partial charge in [-0.3, -0.25) is 4.98 Å². The van der Waals surface area contributed by atoms with E-state index in [-0.39, 0.29) is 12.1 Å². The summed E-state index contributed by atoms with van der Waals surface area (Å²) in [6, 6.07) is 8.20. The molecule has 0 aliphatic carbocycles. The van der Waals surface area contributed by atoms with Gasteiger partial charge in [-0.2, -0.15) is 0 Å². The second-order valence-electron chi connectivity index (χ2n) is 4.87. The van der Waals surface area contributed by atoms with E-state index in [0.717, 1.165) is 30.4 Å². The van der Waals surface area contributed by atoms with Crippen molar-refractivity contribution < 1.29 is 4.74 Å². The van der Waals surface area contributed by atoms with E-state index >= 15 is 0 Å². The van der Waals surface area contributed by atoms with Crippen molar-refractivity contribution in [1.82, 2.24) is 4.98 Å². The van der Waals surface area contributed by atoms with Crippen LogP contribution in [0.1, 0.15) is 30.9 Å². The third kappa shape index (κ3) is 2.11. The monoisotopic (exact) mass is 242 g/mol. The van der Waals surface area contributed by atoms with Gasteiger partial charge in [-0.05, 0) is 36.3 Å². The SMILES string of the molecule is NC(c1cccc2ccncc12)C1CCCCO1. The van der Waals surface area contributed by atoms with Gasteiger partial charge in [-0.25, -0.2) is 0 Å². The number of hydrogen-bond acceptors (Lipinski definition) is 3. The minimum atomic E-state index is -0.0572. The van der Waals surface area contributed by atoms with Crippen LogP contribution in [0.15, 0.2) is 36.7 Å². The molecule has 0 spiro atoms. The molecule has 0 radical (unpaired) electrons. The Morgan fingerprint density at radius 3 is 3.06 bits per heavy atom. The predicted octanol–water partition coefficient (Wildman–Crippen LogP) is 2.80. The smallest absolute Gasteiger partial charge is 0.0767 e. The molecule has 1 saturated heterocycles. The lowest BCUT2D eigenvalue weighted by atomic mass is 9.93.